The molecule has 2 N–H and O–H groups in total. The first-order valence-corrected chi connectivity index (χ1v) is 6.48. The molecule has 0 aromatic heterocycles. The summed E-state index contributed by atoms with van der Waals surface area (Å²) in [5, 5.41) is 30.7. The molecule has 116 valence electrons. The molecule has 0 aliphatic heterocycles. The van der Waals surface area contributed by atoms with Crippen molar-refractivity contribution in [3.05, 3.63) is 39.9 Å². The molecule has 0 radical (unpaired) electrons. The van der Waals surface area contributed by atoms with Crippen molar-refractivity contribution in [2.24, 2.45) is 5.92 Å². The van der Waals surface area contributed by atoms with E-state index in [1.54, 1.807) is 13.0 Å². The lowest BCUT2D eigenvalue weighted by Gasteiger charge is -2.15. The lowest BCUT2D eigenvalue weighted by atomic mass is 10.0. The molecule has 22 heavy (non-hydrogen) atoms. The molecule has 1 amide bonds. The predicted molar refractivity (Wildman–Crippen MR) is 75.8 cm³/mol. The number of nitro benzene ring substituents is 1. The molecule has 0 saturated heterocycles. The van der Waals surface area contributed by atoms with Crippen LogP contribution in [0.3, 0.4) is 0 Å². The van der Waals surface area contributed by atoms with E-state index in [1.165, 1.54) is 18.2 Å². The standard InChI is InChI=1S/C14H15N3O5/c1-9(8-15)5-12(14(19)20)16-13(18)7-10-3-2-4-11(6-10)17(21)22/h2-4,6,9,12H,5,7H2,1H3,(H,16,18)(H,19,20)/t9-,12-/m0/s1. The highest BCUT2D eigenvalue weighted by Crippen LogP contribution is 2.13. The number of aliphatic carboxylic acids is 1. The van der Waals surface area contributed by atoms with Gasteiger partial charge in [-0.1, -0.05) is 12.1 Å². The van der Waals surface area contributed by atoms with E-state index in [2.05, 4.69) is 5.32 Å². The Balaban J connectivity index is 2.71. The SMILES string of the molecule is C[C@H](C#N)C[C@H](NC(=O)Cc1cccc([N+](=O)[O-])c1)C(=O)O. The van der Waals surface area contributed by atoms with Crippen molar-refractivity contribution >= 4 is 17.6 Å². The molecule has 0 unspecified atom stereocenters. The van der Waals surface area contributed by atoms with Crippen LogP contribution in [0.15, 0.2) is 24.3 Å². The van der Waals surface area contributed by atoms with Gasteiger partial charge in [0.15, 0.2) is 0 Å². The third-order valence-corrected chi connectivity index (χ3v) is 2.93. The smallest absolute Gasteiger partial charge is 0.326 e. The molecule has 0 heterocycles. The number of carboxylic acid groups (broad SMARTS) is 1. The molecule has 1 rings (SSSR count). The minimum atomic E-state index is -1.23. The van der Waals surface area contributed by atoms with Gasteiger partial charge < -0.3 is 10.4 Å². The zero-order valence-electron chi connectivity index (χ0n) is 11.9. The van der Waals surface area contributed by atoms with Crippen LogP contribution in [0.5, 0.6) is 0 Å². The van der Waals surface area contributed by atoms with Crippen LogP contribution in [0.2, 0.25) is 0 Å². The van der Waals surface area contributed by atoms with Crippen LogP contribution in [0.25, 0.3) is 0 Å². The van der Waals surface area contributed by atoms with Crippen LogP contribution in [0.4, 0.5) is 5.69 Å². The van der Waals surface area contributed by atoms with E-state index < -0.39 is 28.8 Å². The monoisotopic (exact) mass is 305 g/mol. The quantitative estimate of drug-likeness (QED) is 0.575. The zero-order chi connectivity index (χ0) is 16.7. The van der Waals surface area contributed by atoms with Gasteiger partial charge in [0.1, 0.15) is 6.04 Å². The fourth-order valence-electron chi connectivity index (χ4n) is 1.84. The molecule has 0 spiro atoms. The van der Waals surface area contributed by atoms with E-state index in [0.717, 1.165) is 0 Å². The average Bonchev–Trinajstić information content (AvgIpc) is 2.46. The van der Waals surface area contributed by atoms with Gasteiger partial charge in [0.25, 0.3) is 5.69 Å². The van der Waals surface area contributed by atoms with Gasteiger partial charge in [-0.05, 0) is 18.9 Å². The maximum absolute atomic E-state index is 11.9. The lowest BCUT2D eigenvalue weighted by Crippen LogP contribution is -2.42. The predicted octanol–water partition coefficient (Wildman–Crippen LogP) is 1.26. The molecule has 0 fully saturated rings. The number of nitro groups is 1. The van der Waals surface area contributed by atoms with E-state index >= 15 is 0 Å². The summed E-state index contributed by atoms with van der Waals surface area (Å²) in [4.78, 5) is 33.0. The zero-order valence-corrected chi connectivity index (χ0v) is 11.9. The highest BCUT2D eigenvalue weighted by atomic mass is 16.6. The van der Waals surface area contributed by atoms with Crippen molar-refractivity contribution in [1.29, 1.82) is 5.26 Å². The molecule has 1 aromatic carbocycles. The van der Waals surface area contributed by atoms with E-state index in [-0.39, 0.29) is 18.5 Å². The Morgan fingerprint density at radius 1 is 1.50 bits per heavy atom. The molecule has 0 aliphatic rings. The van der Waals surface area contributed by atoms with Crippen molar-refractivity contribution in [3.8, 4) is 6.07 Å². The van der Waals surface area contributed by atoms with E-state index in [0.29, 0.717) is 5.56 Å². The van der Waals surface area contributed by atoms with Crippen molar-refractivity contribution in [3.63, 3.8) is 0 Å². The molecule has 2 atom stereocenters. The summed E-state index contributed by atoms with van der Waals surface area (Å²) < 4.78 is 0. The number of nitrogens with one attached hydrogen (secondary N) is 1. The Morgan fingerprint density at radius 3 is 2.73 bits per heavy atom. The maximum atomic E-state index is 11.9. The molecular weight excluding hydrogens is 290 g/mol. The number of benzene rings is 1. The molecule has 0 aliphatic carbocycles. The minimum Gasteiger partial charge on any atom is -0.480 e. The third kappa shape index (κ3) is 5.20. The van der Waals surface area contributed by atoms with Gasteiger partial charge in [-0.2, -0.15) is 5.26 Å². The highest BCUT2D eigenvalue weighted by Gasteiger charge is 2.22. The molecule has 0 saturated carbocycles. The Labute approximate surface area is 126 Å². The molecule has 1 aromatic rings. The number of carboxylic acids is 1. The average molecular weight is 305 g/mol. The highest BCUT2D eigenvalue weighted by molar-refractivity contribution is 5.84. The lowest BCUT2D eigenvalue weighted by molar-refractivity contribution is -0.384. The number of non-ortho nitro benzene ring substituents is 1. The Hall–Kier alpha value is -2.95. The van der Waals surface area contributed by atoms with Gasteiger partial charge in [0, 0.05) is 18.1 Å². The van der Waals surface area contributed by atoms with Crippen LogP contribution < -0.4 is 5.32 Å². The second kappa shape index (κ2) is 7.73. The van der Waals surface area contributed by atoms with Gasteiger partial charge in [-0.3, -0.25) is 14.9 Å². The van der Waals surface area contributed by atoms with Gasteiger partial charge in [0.2, 0.25) is 5.91 Å². The molecule has 0 bridgehead atoms. The Bertz CT molecular complexity index is 623. The number of nitrogens with zero attached hydrogens (tertiary/aromatic N) is 2. The van der Waals surface area contributed by atoms with Crippen molar-refractivity contribution in [2.45, 2.75) is 25.8 Å². The summed E-state index contributed by atoms with van der Waals surface area (Å²) in [7, 11) is 0. The third-order valence-electron chi connectivity index (χ3n) is 2.93. The van der Waals surface area contributed by atoms with Crippen LogP contribution in [0, 0.1) is 27.4 Å². The summed E-state index contributed by atoms with van der Waals surface area (Å²) in [6.07, 6.45) is -0.182. The summed E-state index contributed by atoms with van der Waals surface area (Å²) in [5.41, 5.74) is 0.266. The minimum absolute atomic E-state index is 0.00743. The van der Waals surface area contributed by atoms with E-state index in [4.69, 9.17) is 10.4 Å². The second-order valence-corrected chi connectivity index (χ2v) is 4.83. The van der Waals surface area contributed by atoms with Gasteiger partial charge in [0.05, 0.1) is 17.4 Å². The van der Waals surface area contributed by atoms with Gasteiger partial charge in [-0.15, -0.1) is 0 Å². The van der Waals surface area contributed by atoms with Gasteiger partial charge in [-0.25, -0.2) is 4.79 Å². The largest absolute Gasteiger partial charge is 0.480 e. The van der Waals surface area contributed by atoms with Crippen molar-refractivity contribution in [2.75, 3.05) is 0 Å². The number of carbonyl (C=O) groups is 2. The van der Waals surface area contributed by atoms with Crippen LogP contribution in [0.1, 0.15) is 18.9 Å². The summed E-state index contributed by atoms with van der Waals surface area (Å²) in [5.74, 6) is -2.31. The maximum Gasteiger partial charge on any atom is 0.326 e. The van der Waals surface area contributed by atoms with Crippen LogP contribution >= 0.6 is 0 Å². The number of hydrogen-bond acceptors (Lipinski definition) is 5. The summed E-state index contributed by atoms with van der Waals surface area (Å²) in [6.45, 7) is 1.56. The first-order valence-electron chi connectivity index (χ1n) is 6.48. The van der Waals surface area contributed by atoms with E-state index in [9.17, 15) is 19.7 Å². The number of carbonyl (C=O) groups excluding carboxylic acids is 1. The first-order chi connectivity index (χ1) is 10.3. The molecule has 8 heteroatoms. The fraction of sp³-hybridized carbons (Fsp3) is 0.357. The topological polar surface area (TPSA) is 133 Å². The first kappa shape index (κ1) is 17.1. The number of hydrogen-bond donors (Lipinski definition) is 2. The number of rotatable bonds is 7. The van der Waals surface area contributed by atoms with Crippen molar-refractivity contribution in [1.82, 2.24) is 5.32 Å². The second-order valence-electron chi connectivity index (χ2n) is 4.83. The van der Waals surface area contributed by atoms with Crippen LogP contribution in [-0.4, -0.2) is 27.9 Å². The number of nitriles is 1. The Morgan fingerprint density at radius 2 is 2.18 bits per heavy atom. The van der Waals surface area contributed by atoms with E-state index in [1.807, 2.05) is 6.07 Å². The molecule has 8 nitrogen and oxygen atoms in total. The fourth-order valence-corrected chi connectivity index (χ4v) is 1.84. The summed E-state index contributed by atoms with van der Waals surface area (Å²) >= 11 is 0. The normalized spacial score (nSPS) is 12.7. The summed E-state index contributed by atoms with van der Waals surface area (Å²) in [6, 6.07) is 6.29. The number of amides is 1. The molecular formula is C14H15N3O5. The Kier molecular flexibility index (Phi) is 6.01. The van der Waals surface area contributed by atoms with Gasteiger partial charge >= 0.3 is 5.97 Å². The van der Waals surface area contributed by atoms with Crippen LogP contribution in [-0.2, 0) is 16.0 Å². The van der Waals surface area contributed by atoms with Crippen molar-refractivity contribution < 1.29 is 19.6 Å².